The Bertz CT molecular complexity index is 4370. The zero-order chi connectivity index (χ0) is 70.0. The van der Waals surface area contributed by atoms with Crippen LogP contribution < -0.4 is 35.1 Å². The Morgan fingerprint density at radius 2 is 0.904 bits per heavy atom. The van der Waals surface area contributed by atoms with E-state index in [2.05, 4.69) is 57.8 Å². The highest BCUT2D eigenvalue weighted by molar-refractivity contribution is 7.79. The molecule has 94 heavy (non-hydrogen) atoms. The smallest absolute Gasteiger partial charge is 0.394 e. The maximum absolute atomic E-state index is 11.1. The average molecular weight is 1440 g/mol. The van der Waals surface area contributed by atoms with Gasteiger partial charge in [0, 0.05) is 70.7 Å². The van der Waals surface area contributed by atoms with E-state index in [0.717, 1.165) is 51.5 Å². The van der Waals surface area contributed by atoms with Crippen molar-refractivity contribution in [2.24, 2.45) is 0 Å². The van der Waals surface area contributed by atoms with E-state index in [0.29, 0.717) is 51.3 Å². The van der Waals surface area contributed by atoms with Crippen LogP contribution in [0.15, 0.2) is 128 Å². The number of nitro groups is 2. The molecule has 0 aliphatic heterocycles. The molecule has 0 unspecified atom stereocenters. The summed E-state index contributed by atoms with van der Waals surface area (Å²) >= 11 is 34.9. The van der Waals surface area contributed by atoms with Gasteiger partial charge in [-0.05, 0) is 67.1 Å². The summed E-state index contributed by atoms with van der Waals surface area (Å²) < 4.78 is 52.7. The van der Waals surface area contributed by atoms with Crippen LogP contribution in [0.25, 0.3) is 22.6 Å². The highest BCUT2D eigenvalue weighted by Crippen LogP contribution is 2.28. The van der Waals surface area contributed by atoms with Gasteiger partial charge in [-0.2, -0.15) is 42.4 Å². The van der Waals surface area contributed by atoms with Crippen LogP contribution in [0.2, 0.25) is 30.9 Å². The highest BCUT2D eigenvalue weighted by Gasteiger charge is 2.22. The largest absolute Gasteiger partial charge is 0.497 e. The normalized spacial score (nSPS) is 10.3. The summed E-state index contributed by atoms with van der Waals surface area (Å²) in [5, 5.41) is 63.5. The number of aromatic nitrogens is 12. The number of nitrogens with zero attached hydrogens (tertiary/aromatic N) is 17. The van der Waals surface area contributed by atoms with Crippen molar-refractivity contribution in [3.63, 3.8) is 0 Å². The second kappa shape index (κ2) is 37.2. The molecular weight excluding hydrogens is 1390 g/mol. The molecule has 0 spiro atoms. The van der Waals surface area contributed by atoms with Crippen molar-refractivity contribution < 1.29 is 57.0 Å². The number of nitrogens with two attached hydrogens (primary N) is 1. The first-order chi connectivity index (χ1) is 44.4. The van der Waals surface area contributed by atoms with Gasteiger partial charge in [-0.25, -0.2) is 24.5 Å². The number of anilines is 3. The third kappa shape index (κ3) is 24.2. The molecule has 0 aliphatic carbocycles. The van der Waals surface area contributed by atoms with Gasteiger partial charge >= 0.3 is 21.8 Å². The number of methoxy groups -OCH3 is 3. The van der Waals surface area contributed by atoms with Crippen LogP contribution in [0.1, 0.15) is 23.6 Å². The molecule has 0 atom stereocenters. The molecule has 0 amide bonds. The third-order valence-electron chi connectivity index (χ3n) is 11.4. The molecule has 3 aromatic carbocycles. The first kappa shape index (κ1) is 76.9. The van der Waals surface area contributed by atoms with Crippen molar-refractivity contribution >= 4 is 131 Å². The summed E-state index contributed by atoms with van der Waals surface area (Å²) in [5.41, 5.74) is 10.8. The first-order valence-electron chi connectivity index (χ1n) is 26.0. The Morgan fingerprint density at radius 1 is 0.564 bits per heavy atom. The molecule has 0 saturated carbocycles. The average Bonchev–Trinajstić information content (AvgIpc) is 1.62. The van der Waals surface area contributed by atoms with Gasteiger partial charge in [0.2, 0.25) is 11.3 Å². The van der Waals surface area contributed by atoms with Crippen LogP contribution in [-0.2, 0) is 30.0 Å². The van der Waals surface area contributed by atoms with Crippen molar-refractivity contribution in [1.29, 1.82) is 0 Å². The number of fused-ring (bicyclic) bond motifs is 4. The number of aliphatic hydroxyl groups excluding tert-OH is 1. The van der Waals surface area contributed by atoms with E-state index in [1.807, 2.05) is 91.6 Å². The van der Waals surface area contributed by atoms with E-state index >= 15 is 0 Å². The molecular formula is C53H57Cl6N19O15S. The van der Waals surface area contributed by atoms with Gasteiger partial charge in [0.15, 0.2) is 11.3 Å². The van der Waals surface area contributed by atoms with Crippen LogP contribution in [0.5, 0.6) is 17.2 Å². The Morgan fingerprint density at radius 3 is 1.31 bits per heavy atom. The zero-order valence-electron chi connectivity index (χ0n) is 50.1. The molecule has 502 valence electrons. The second-order valence-corrected chi connectivity index (χ2v) is 21.2. The first-order valence-corrected chi connectivity index (χ1v) is 29.7. The van der Waals surface area contributed by atoms with E-state index in [9.17, 15) is 20.2 Å². The molecule has 0 saturated heterocycles. The topological polar surface area (TPSA) is 437 Å². The predicted molar refractivity (Wildman–Crippen MR) is 351 cm³/mol. The van der Waals surface area contributed by atoms with Crippen LogP contribution in [0, 0.1) is 30.3 Å². The zero-order valence-corrected chi connectivity index (χ0v) is 55.4. The van der Waals surface area contributed by atoms with Crippen LogP contribution >= 0.6 is 69.6 Å². The molecule has 0 bridgehead atoms. The summed E-state index contributed by atoms with van der Waals surface area (Å²) in [6, 6.07) is 31.6. The SMILES string of the molecule is CCO.CNCc1ccc(OC)cc1.COc1ccc(CN(C)c2cc(Cl)nc3c(N)cnn23)cc1.COc1ccc(CN(C)c2cc(Cl)nc3c([N+](=O)[O-])cnn23)cc1.Clc1cc(Cl)n2nccc2n1.O=S(=O)(O)O.O=[N+]([O-])O.O=[N+]([O-])c1cnn2c(Cl)cc(Cl)nc12. The predicted octanol–water partition coefficient (Wildman–Crippen LogP) is 9.94. The van der Waals surface area contributed by atoms with Gasteiger partial charge in [0.05, 0.1) is 49.3 Å². The molecule has 11 rings (SSSR count). The lowest BCUT2D eigenvalue weighted by molar-refractivity contribution is -0.742. The van der Waals surface area contributed by atoms with Crippen molar-refractivity contribution in [2.45, 2.75) is 26.6 Å². The fourth-order valence-electron chi connectivity index (χ4n) is 7.50. The molecule has 0 fully saturated rings. The maximum Gasteiger partial charge on any atom is 0.394 e. The molecule has 0 radical (unpaired) electrons. The van der Waals surface area contributed by atoms with E-state index in [1.165, 1.54) is 26.9 Å². The van der Waals surface area contributed by atoms with Crippen molar-refractivity contribution in [3.05, 3.63) is 206 Å². The number of rotatable bonds is 13. The lowest BCUT2D eigenvalue weighted by atomic mass is 10.2. The number of hydrogen-bond donors (Lipinski definition) is 6. The van der Waals surface area contributed by atoms with E-state index in [-0.39, 0.29) is 44.7 Å². The van der Waals surface area contributed by atoms with E-state index in [1.54, 1.807) is 69.4 Å². The van der Waals surface area contributed by atoms with Crippen LogP contribution in [0.4, 0.5) is 28.7 Å². The molecule has 7 N–H and O–H groups in total. The van der Waals surface area contributed by atoms with E-state index < -0.39 is 25.3 Å². The monoisotopic (exact) mass is 1440 g/mol. The lowest BCUT2D eigenvalue weighted by Crippen LogP contribution is -2.20. The second-order valence-electron chi connectivity index (χ2n) is 17.9. The Hall–Kier alpha value is -9.53. The number of nitrogen functional groups attached to an aromatic ring is 1. The number of aliphatic hydroxyl groups is 1. The van der Waals surface area contributed by atoms with Gasteiger partial charge in [-0.15, -0.1) is 10.1 Å². The number of halogens is 6. The molecule has 8 heterocycles. The van der Waals surface area contributed by atoms with E-state index in [4.69, 9.17) is 128 Å². The van der Waals surface area contributed by atoms with Gasteiger partial charge in [0.1, 0.15) is 72.2 Å². The summed E-state index contributed by atoms with van der Waals surface area (Å²) in [4.78, 5) is 48.7. The minimum Gasteiger partial charge on any atom is -0.497 e. The molecule has 41 heteroatoms. The highest BCUT2D eigenvalue weighted by atomic mass is 35.5. The molecule has 34 nitrogen and oxygen atoms in total. The number of benzene rings is 3. The maximum atomic E-state index is 11.1. The Kier molecular flexibility index (Phi) is 30.5. The van der Waals surface area contributed by atoms with Gasteiger partial charge in [-0.1, -0.05) is 106 Å². The quantitative estimate of drug-likeness (QED) is 0.0270. The van der Waals surface area contributed by atoms with Crippen molar-refractivity contribution in [3.8, 4) is 17.2 Å². The summed E-state index contributed by atoms with van der Waals surface area (Å²) in [7, 11) is 6.02. The Balaban J connectivity index is 0.000000246. The fourth-order valence-corrected chi connectivity index (χ4v) is 8.80. The van der Waals surface area contributed by atoms with Gasteiger partial charge in [-0.3, -0.25) is 29.3 Å². The summed E-state index contributed by atoms with van der Waals surface area (Å²) in [6.45, 7) is 4.09. The van der Waals surface area contributed by atoms with Crippen molar-refractivity contribution in [2.75, 3.05) is 64.6 Å². The summed E-state index contributed by atoms with van der Waals surface area (Å²) in [6.07, 6.45) is 5.43. The van der Waals surface area contributed by atoms with Crippen LogP contribution in [0.3, 0.4) is 0 Å². The van der Waals surface area contributed by atoms with Gasteiger partial charge < -0.3 is 45.4 Å². The Labute approximate surface area is 563 Å². The standard InChI is InChI=1S/C15H14ClN5O3.C15H16ClN5O.C9H13NO.C6H2Cl2N4O2.C6H3Cl2N3.C2H6O.HNO3.H2O4S/c1-19(9-10-3-5-11(24-2)6-4-10)14-7-13(16)18-15-12(21(22)23)8-17-20(14)15;1-20(9-10-3-5-11(22-2)6-4-10)14-7-13(16)19-15-12(17)8-18-21(14)15;1-10-7-8-3-5-9(11-2)6-4-8;7-4-1-5(8)11-6(10-4)3(2-9-11)12(13)14;7-4-3-5(8)11-6(10-4)1-2-9-11;1-2-3;2-1(3)4;1-5(2,3)4/h3-8H,9H2,1-2H3;3-8H,9,17H2,1-2H3;3-6,10H,7H2,1-2H3;1-2H;1-3H;3H,2H2,1H3;(H,2,3,4);(H2,1,2,3,4). The van der Waals surface area contributed by atoms with Crippen molar-refractivity contribution in [1.82, 2.24) is 63.7 Å². The summed E-state index contributed by atoms with van der Waals surface area (Å²) in [5.74, 6) is 3.94. The lowest BCUT2D eigenvalue weighted by Gasteiger charge is -2.20. The molecule has 11 aromatic rings. The third-order valence-corrected chi connectivity index (χ3v) is 12.7. The minimum atomic E-state index is -4.67. The van der Waals surface area contributed by atoms with Crippen LogP contribution in [-0.4, -0.2) is 150 Å². The van der Waals surface area contributed by atoms with Gasteiger partial charge in [0.25, 0.3) is 5.09 Å². The molecule has 8 aromatic heterocycles. The minimum absolute atomic E-state index is 0.0347. The number of hydrogen-bond acceptors (Lipinski definition) is 24. The number of nitrogens with one attached hydrogen (secondary N) is 1. The fraction of sp³-hybridized carbons (Fsp3) is 0.208. The molecule has 0 aliphatic rings. The number of ether oxygens (including phenoxy) is 3.